The number of quaternary nitrogens is 1. The van der Waals surface area contributed by atoms with Gasteiger partial charge in [-0.25, -0.2) is 0 Å². The molecule has 0 N–H and O–H groups in total. The van der Waals surface area contributed by atoms with E-state index >= 15 is 0 Å². The molecule has 76 heavy (non-hydrogen) atoms. The molecule has 446 valence electrons. The van der Waals surface area contributed by atoms with Crippen LogP contribution in [0.15, 0.2) is 36.5 Å². The lowest BCUT2D eigenvalue weighted by Gasteiger charge is -2.26. The maximum Gasteiger partial charge on any atom is 0.306 e. The third-order valence-corrected chi connectivity index (χ3v) is 14.6. The highest BCUT2D eigenvalue weighted by atomic mass is 16.7. The number of carbonyl (C=O) groups is 3. The summed E-state index contributed by atoms with van der Waals surface area (Å²) >= 11 is 0. The molecular weight excluding hydrogens is 947 g/mol. The molecule has 0 aliphatic rings. The summed E-state index contributed by atoms with van der Waals surface area (Å²) in [6.07, 6.45) is 69.5. The van der Waals surface area contributed by atoms with Gasteiger partial charge < -0.3 is 33.3 Å². The van der Waals surface area contributed by atoms with E-state index in [0.29, 0.717) is 23.9 Å². The second-order valence-electron chi connectivity index (χ2n) is 23.4. The Hall–Kier alpha value is -2.49. The van der Waals surface area contributed by atoms with Crippen LogP contribution in [0.2, 0.25) is 0 Å². The molecule has 0 saturated carbocycles. The van der Waals surface area contributed by atoms with Crippen LogP contribution in [0.1, 0.15) is 316 Å². The van der Waals surface area contributed by atoms with Crippen molar-refractivity contribution in [2.75, 3.05) is 47.5 Å². The van der Waals surface area contributed by atoms with Crippen molar-refractivity contribution >= 4 is 17.9 Å². The Morgan fingerprint density at radius 2 is 0.711 bits per heavy atom. The number of hydrogen-bond acceptors (Lipinski definition) is 8. The Bertz CT molecular complexity index is 1340. The molecule has 0 radical (unpaired) electrons. The van der Waals surface area contributed by atoms with Crippen LogP contribution in [0.4, 0.5) is 0 Å². The van der Waals surface area contributed by atoms with E-state index in [1.54, 1.807) is 0 Å². The van der Waals surface area contributed by atoms with E-state index in [0.717, 1.165) is 57.8 Å². The highest BCUT2D eigenvalue weighted by Gasteiger charge is 2.22. The van der Waals surface area contributed by atoms with Crippen molar-refractivity contribution in [3.63, 3.8) is 0 Å². The summed E-state index contributed by atoms with van der Waals surface area (Å²) in [7, 11) is 5.92. The number of aliphatic carboxylic acids is 1. The minimum absolute atomic E-state index is 0.146. The van der Waals surface area contributed by atoms with Crippen LogP contribution in [-0.2, 0) is 33.3 Å². The average molecular weight is 1070 g/mol. The van der Waals surface area contributed by atoms with Crippen molar-refractivity contribution in [3.8, 4) is 0 Å². The van der Waals surface area contributed by atoms with E-state index in [-0.39, 0.29) is 32.2 Å². The fraction of sp³-hybridized carbons (Fsp3) is 0.866. The number of rotatable bonds is 61. The van der Waals surface area contributed by atoms with Crippen molar-refractivity contribution in [1.29, 1.82) is 0 Å². The van der Waals surface area contributed by atoms with Gasteiger partial charge in [0.25, 0.3) is 0 Å². The van der Waals surface area contributed by atoms with Gasteiger partial charge in [0.2, 0.25) is 0 Å². The predicted molar refractivity (Wildman–Crippen MR) is 320 cm³/mol. The molecule has 0 fully saturated rings. The lowest BCUT2D eigenvalue weighted by atomic mass is 10.0. The summed E-state index contributed by atoms with van der Waals surface area (Å²) in [5, 5.41) is 11.8. The third kappa shape index (κ3) is 59.2. The van der Waals surface area contributed by atoms with E-state index in [4.69, 9.17) is 18.9 Å². The number of carboxylic acids is 1. The Balaban J connectivity index is 4.00. The molecule has 0 bridgehead atoms. The fourth-order valence-electron chi connectivity index (χ4n) is 9.56. The zero-order chi connectivity index (χ0) is 55.5. The third-order valence-electron chi connectivity index (χ3n) is 14.6. The van der Waals surface area contributed by atoms with E-state index < -0.39 is 24.3 Å². The van der Waals surface area contributed by atoms with Crippen molar-refractivity contribution in [2.24, 2.45) is 0 Å². The van der Waals surface area contributed by atoms with E-state index in [2.05, 4.69) is 50.3 Å². The molecule has 0 amide bonds. The molecule has 0 aliphatic carbocycles. The van der Waals surface area contributed by atoms with Gasteiger partial charge in [-0.15, -0.1) is 0 Å². The smallest absolute Gasteiger partial charge is 0.306 e. The van der Waals surface area contributed by atoms with Gasteiger partial charge in [0.1, 0.15) is 13.2 Å². The number of esters is 2. The van der Waals surface area contributed by atoms with Crippen LogP contribution in [0, 0.1) is 0 Å². The van der Waals surface area contributed by atoms with Gasteiger partial charge >= 0.3 is 11.9 Å². The molecule has 2 atom stereocenters. The number of ether oxygens (including phenoxy) is 4. The number of carbonyl (C=O) groups excluding carboxylic acids is 3. The monoisotopic (exact) mass is 1070 g/mol. The first-order chi connectivity index (χ1) is 37.1. The molecule has 0 aromatic carbocycles. The largest absolute Gasteiger partial charge is 0.545 e. The molecule has 0 rings (SSSR count). The van der Waals surface area contributed by atoms with Crippen LogP contribution >= 0.6 is 0 Å². The quantitative estimate of drug-likeness (QED) is 0.0195. The first-order valence-electron chi connectivity index (χ1n) is 32.6. The second-order valence-corrected chi connectivity index (χ2v) is 23.4. The second kappa shape index (κ2) is 58.7. The van der Waals surface area contributed by atoms with Crippen LogP contribution in [-0.4, -0.2) is 82.3 Å². The predicted octanol–water partition coefficient (Wildman–Crippen LogP) is 18.3. The van der Waals surface area contributed by atoms with Crippen molar-refractivity contribution in [1.82, 2.24) is 0 Å². The number of hydrogen-bond donors (Lipinski definition) is 0. The average Bonchev–Trinajstić information content (AvgIpc) is 3.39. The molecule has 9 heteroatoms. The molecule has 0 aliphatic heterocycles. The Morgan fingerprint density at radius 1 is 0.395 bits per heavy atom. The highest BCUT2D eigenvalue weighted by molar-refractivity contribution is 5.70. The molecule has 0 heterocycles. The lowest BCUT2D eigenvalue weighted by Crippen LogP contribution is -2.44. The summed E-state index contributed by atoms with van der Waals surface area (Å²) in [5.41, 5.74) is 0. The van der Waals surface area contributed by atoms with Gasteiger partial charge in [0.15, 0.2) is 12.4 Å². The number of nitrogens with zero attached hydrogens (tertiary/aromatic N) is 1. The summed E-state index contributed by atoms with van der Waals surface area (Å²) in [4.78, 5) is 37.3. The Morgan fingerprint density at radius 3 is 1.07 bits per heavy atom. The molecule has 0 spiro atoms. The minimum Gasteiger partial charge on any atom is -0.545 e. The minimum atomic E-state index is -1.62. The fourth-order valence-corrected chi connectivity index (χ4v) is 9.56. The zero-order valence-corrected chi connectivity index (χ0v) is 50.9. The Labute approximate surface area is 470 Å². The van der Waals surface area contributed by atoms with Crippen LogP contribution < -0.4 is 5.11 Å². The number of carboxylic acid groups (broad SMARTS) is 1. The van der Waals surface area contributed by atoms with Gasteiger partial charge in [0, 0.05) is 12.8 Å². The van der Waals surface area contributed by atoms with Gasteiger partial charge in [0.05, 0.1) is 40.3 Å². The molecule has 9 nitrogen and oxygen atoms in total. The zero-order valence-electron chi connectivity index (χ0n) is 50.9. The first kappa shape index (κ1) is 73.5. The van der Waals surface area contributed by atoms with E-state index in [1.165, 1.54) is 225 Å². The van der Waals surface area contributed by atoms with Crippen LogP contribution in [0.3, 0.4) is 0 Å². The lowest BCUT2D eigenvalue weighted by molar-refractivity contribution is -0.870. The number of allylic oxidation sites excluding steroid dienone is 6. The van der Waals surface area contributed by atoms with Crippen LogP contribution in [0.5, 0.6) is 0 Å². The van der Waals surface area contributed by atoms with E-state index in [9.17, 15) is 19.5 Å². The van der Waals surface area contributed by atoms with Gasteiger partial charge in [-0.05, 0) is 70.6 Å². The molecule has 0 saturated heterocycles. The molecule has 0 aromatic heterocycles. The van der Waals surface area contributed by atoms with Gasteiger partial charge in [-0.1, -0.05) is 269 Å². The van der Waals surface area contributed by atoms with Gasteiger partial charge in [-0.3, -0.25) is 9.59 Å². The Kier molecular flexibility index (Phi) is 56.7. The standard InChI is InChI=1S/C67H125NO8/c1-6-8-10-12-14-16-18-20-22-24-25-26-27-28-29-30-31-32-33-34-35-36-37-38-39-40-41-42-44-45-47-49-51-53-55-57-64(69)74-61-63(62-75-67(66(71)72)73-60-59-68(3,4)5)76-65(70)58-56-54-52-50-48-46-43-23-21-19-17-15-13-11-9-7-2/h17,19,23-25,43,63,67H,6-16,18,20-22,26-42,44-62H2,1-5H3/b19-17-,25-24-,43-23-. The number of likely N-dealkylation sites (N-methyl/N-ethyl adjacent to an activating group) is 1. The molecular formula is C67H125NO8. The van der Waals surface area contributed by atoms with Crippen molar-refractivity contribution < 1.29 is 42.9 Å². The summed E-state index contributed by atoms with van der Waals surface area (Å²) in [6, 6.07) is 0. The van der Waals surface area contributed by atoms with Crippen molar-refractivity contribution in [3.05, 3.63) is 36.5 Å². The first-order valence-corrected chi connectivity index (χ1v) is 32.6. The summed E-state index contributed by atoms with van der Waals surface area (Å²) in [6.45, 7) is 4.75. The number of unbranched alkanes of at least 4 members (excludes halogenated alkanes) is 40. The maximum atomic E-state index is 12.8. The molecule has 0 aromatic rings. The summed E-state index contributed by atoms with van der Waals surface area (Å²) < 4.78 is 22.7. The van der Waals surface area contributed by atoms with E-state index in [1.807, 2.05) is 21.1 Å². The normalized spacial score (nSPS) is 12.9. The van der Waals surface area contributed by atoms with Crippen LogP contribution in [0.25, 0.3) is 0 Å². The molecule has 2 unspecified atom stereocenters. The maximum absolute atomic E-state index is 12.8. The van der Waals surface area contributed by atoms with Crippen molar-refractivity contribution in [2.45, 2.75) is 328 Å². The topological polar surface area (TPSA) is 111 Å². The van der Waals surface area contributed by atoms with Gasteiger partial charge in [-0.2, -0.15) is 0 Å². The highest BCUT2D eigenvalue weighted by Crippen LogP contribution is 2.18. The summed E-state index contributed by atoms with van der Waals surface area (Å²) in [5.74, 6) is -2.28. The SMILES string of the molecule is CCCCCC/C=C\C/C=C\CCCCCCCC(=O)OC(COC(=O)CCCCCCCCCCCCCCCCCCCCCCCCC/C=C\CCCCCCCCCC)COC(OCC[N+](C)(C)C)C(=O)[O-].